The first-order chi connectivity index (χ1) is 9.20. The fraction of sp³-hybridized carbons (Fsp3) is 0.938. The van der Waals surface area contributed by atoms with Gasteiger partial charge >= 0.3 is 0 Å². The fourth-order valence-corrected chi connectivity index (χ4v) is 3.69. The summed E-state index contributed by atoms with van der Waals surface area (Å²) in [6.45, 7) is 3.21. The molecule has 2 N–H and O–H groups in total. The van der Waals surface area contributed by atoms with Gasteiger partial charge in [0.2, 0.25) is 5.91 Å². The van der Waals surface area contributed by atoms with Crippen LogP contribution in [0.2, 0.25) is 0 Å². The maximum absolute atomic E-state index is 12.6. The van der Waals surface area contributed by atoms with E-state index in [1.54, 1.807) is 0 Å². The van der Waals surface area contributed by atoms with Crippen molar-refractivity contribution in [2.24, 2.45) is 11.7 Å². The van der Waals surface area contributed by atoms with Crippen LogP contribution < -0.4 is 5.73 Å². The molecule has 19 heavy (non-hydrogen) atoms. The van der Waals surface area contributed by atoms with Gasteiger partial charge in [0.25, 0.3) is 0 Å². The lowest BCUT2D eigenvalue weighted by Gasteiger charge is -2.32. The van der Waals surface area contributed by atoms with E-state index < -0.39 is 0 Å². The summed E-state index contributed by atoms with van der Waals surface area (Å²) in [6.07, 6.45) is 11.4. The van der Waals surface area contributed by atoms with E-state index in [0.717, 1.165) is 45.1 Å². The van der Waals surface area contributed by atoms with Crippen LogP contribution in [0.15, 0.2) is 0 Å². The Morgan fingerprint density at radius 3 is 2.53 bits per heavy atom. The highest BCUT2D eigenvalue weighted by atomic mass is 16.2. The molecule has 2 rings (SSSR count). The average Bonchev–Trinajstić information content (AvgIpc) is 2.66. The van der Waals surface area contributed by atoms with Crippen molar-refractivity contribution < 1.29 is 4.79 Å². The molecule has 1 aliphatic carbocycles. The second kappa shape index (κ2) is 7.28. The van der Waals surface area contributed by atoms with Gasteiger partial charge in [-0.1, -0.05) is 19.8 Å². The molecule has 1 amide bonds. The molecule has 1 unspecified atom stereocenters. The topological polar surface area (TPSA) is 46.3 Å². The van der Waals surface area contributed by atoms with Gasteiger partial charge < -0.3 is 10.6 Å². The third kappa shape index (κ3) is 4.20. The van der Waals surface area contributed by atoms with Crippen LogP contribution in [0.3, 0.4) is 0 Å². The summed E-state index contributed by atoms with van der Waals surface area (Å²) in [5.41, 5.74) is 5.94. The van der Waals surface area contributed by atoms with Crippen molar-refractivity contribution in [2.45, 2.75) is 83.2 Å². The predicted octanol–water partition coefficient (Wildman–Crippen LogP) is 3.08. The van der Waals surface area contributed by atoms with E-state index in [1.807, 2.05) is 0 Å². The fourth-order valence-electron chi connectivity index (χ4n) is 3.69. The molecule has 0 aromatic rings. The number of hydrogen-bond donors (Lipinski definition) is 1. The molecule has 1 saturated carbocycles. The molecule has 3 heteroatoms. The quantitative estimate of drug-likeness (QED) is 0.853. The Hall–Kier alpha value is -0.570. The van der Waals surface area contributed by atoms with Crippen LogP contribution in [0.1, 0.15) is 71.1 Å². The second-order valence-corrected chi connectivity index (χ2v) is 6.48. The van der Waals surface area contributed by atoms with Gasteiger partial charge in [-0.3, -0.25) is 4.79 Å². The van der Waals surface area contributed by atoms with Crippen LogP contribution in [0.5, 0.6) is 0 Å². The lowest BCUT2D eigenvalue weighted by atomic mass is 9.84. The Labute approximate surface area is 117 Å². The molecule has 110 valence electrons. The number of nitrogens with two attached hydrogens (primary N) is 1. The van der Waals surface area contributed by atoms with Gasteiger partial charge in [0, 0.05) is 25.0 Å². The lowest BCUT2D eigenvalue weighted by molar-refractivity contribution is -0.134. The van der Waals surface area contributed by atoms with Gasteiger partial charge in [0.05, 0.1) is 0 Å². The zero-order valence-electron chi connectivity index (χ0n) is 12.4. The van der Waals surface area contributed by atoms with Crippen LogP contribution >= 0.6 is 0 Å². The summed E-state index contributed by atoms with van der Waals surface area (Å²) in [4.78, 5) is 14.8. The van der Waals surface area contributed by atoms with Gasteiger partial charge in [0.1, 0.15) is 0 Å². The largest absolute Gasteiger partial charge is 0.340 e. The molecule has 1 aliphatic heterocycles. The van der Waals surface area contributed by atoms with Crippen molar-refractivity contribution in [3.63, 3.8) is 0 Å². The molecule has 0 spiro atoms. The Balaban J connectivity index is 1.86. The Morgan fingerprint density at radius 2 is 1.84 bits per heavy atom. The SMILES string of the molecule is CCC1CCCCCN1C(=O)CC1CCC(N)CC1. The third-order valence-corrected chi connectivity index (χ3v) is 5.02. The van der Waals surface area contributed by atoms with Crippen molar-refractivity contribution in [2.75, 3.05) is 6.54 Å². The van der Waals surface area contributed by atoms with Crippen LogP contribution in [-0.2, 0) is 4.79 Å². The normalized spacial score (nSPS) is 32.9. The van der Waals surface area contributed by atoms with Crippen LogP contribution in [0.4, 0.5) is 0 Å². The number of hydrogen-bond acceptors (Lipinski definition) is 2. The van der Waals surface area contributed by atoms with E-state index in [-0.39, 0.29) is 0 Å². The molecule has 2 aliphatic rings. The van der Waals surface area contributed by atoms with Crippen molar-refractivity contribution in [1.29, 1.82) is 0 Å². The van der Waals surface area contributed by atoms with Gasteiger partial charge in [-0.25, -0.2) is 0 Å². The molecule has 3 nitrogen and oxygen atoms in total. The maximum atomic E-state index is 12.6. The third-order valence-electron chi connectivity index (χ3n) is 5.02. The zero-order valence-corrected chi connectivity index (χ0v) is 12.4. The maximum Gasteiger partial charge on any atom is 0.223 e. The van der Waals surface area contributed by atoms with Crippen LogP contribution in [-0.4, -0.2) is 29.4 Å². The molecule has 0 aromatic heterocycles. The average molecular weight is 266 g/mol. The van der Waals surface area contributed by atoms with Crippen LogP contribution in [0.25, 0.3) is 0 Å². The summed E-state index contributed by atoms with van der Waals surface area (Å²) in [5.74, 6) is 1.00. The van der Waals surface area contributed by atoms with Crippen molar-refractivity contribution in [1.82, 2.24) is 4.90 Å². The molecule has 1 heterocycles. The highest BCUT2D eigenvalue weighted by molar-refractivity contribution is 5.76. The van der Waals surface area contributed by atoms with Gasteiger partial charge in [-0.05, 0) is 50.9 Å². The first-order valence-corrected chi connectivity index (χ1v) is 8.25. The van der Waals surface area contributed by atoms with E-state index in [4.69, 9.17) is 5.73 Å². The summed E-state index contributed by atoms with van der Waals surface area (Å²) in [5, 5.41) is 0. The highest BCUT2D eigenvalue weighted by Gasteiger charge is 2.27. The summed E-state index contributed by atoms with van der Waals surface area (Å²) in [6, 6.07) is 0.883. The monoisotopic (exact) mass is 266 g/mol. The smallest absolute Gasteiger partial charge is 0.223 e. The van der Waals surface area contributed by atoms with E-state index in [0.29, 0.717) is 23.9 Å². The van der Waals surface area contributed by atoms with Crippen LogP contribution in [0, 0.1) is 5.92 Å². The molecule has 0 bridgehead atoms. The molecule has 0 aromatic carbocycles. The van der Waals surface area contributed by atoms with E-state index in [9.17, 15) is 4.79 Å². The first-order valence-electron chi connectivity index (χ1n) is 8.25. The number of amides is 1. The summed E-state index contributed by atoms with van der Waals surface area (Å²) in [7, 11) is 0. The van der Waals surface area contributed by atoms with Crippen molar-refractivity contribution in [3.8, 4) is 0 Å². The second-order valence-electron chi connectivity index (χ2n) is 6.48. The number of carbonyl (C=O) groups excluding carboxylic acids is 1. The van der Waals surface area contributed by atoms with Gasteiger partial charge in [-0.15, -0.1) is 0 Å². The molecule has 0 radical (unpaired) electrons. The standard InChI is InChI=1S/C16H30N2O/c1-2-15-6-4-3-5-11-18(15)16(19)12-13-7-9-14(17)10-8-13/h13-15H,2-12,17H2,1H3. The van der Waals surface area contributed by atoms with E-state index in [1.165, 1.54) is 25.7 Å². The Bertz CT molecular complexity index is 284. The van der Waals surface area contributed by atoms with Crippen molar-refractivity contribution >= 4 is 5.91 Å². The van der Waals surface area contributed by atoms with Gasteiger partial charge in [-0.2, -0.15) is 0 Å². The number of rotatable bonds is 3. The predicted molar refractivity (Wildman–Crippen MR) is 78.8 cm³/mol. The summed E-state index contributed by atoms with van der Waals surface area (Å²) < 4.78 is 0. The zero-order chi connectivity index (χ0) is 13.7. The van der Waals surface area contributed by atoms with Gasteiger partial charge in [0.15, 0.2) is 0 Å². The number of likely N-dealkylation sites (tertiary alicyclic amines) is 1. The highest BCUT2D eigenvalue weighted by Crippen LogP contribution is 2.28. The van der Waals surface area contributed by atoms with E-state index >= 15 is 0 Å². The molecule has 2 fully saturated rings. The molecular formula is C16H30N2O. The summed E-state index contributed by atoms with van der Waals surface area (Å²) >= 11 is 0. The van der Waals surface area contributed by atoms with Crippen molar-refractivity contribution in [3.05, 3.63) is 0 Å². The number of carbonyl (C=O) groups is 1. The molecule has 1 atom stereocenters. The first kappa shape index (κ1) is 14.8. The molecule has 1 saturated heterocycles. The Morgan fingerprint density at radius 1 is 1.11 bits per heavy atom. The molecular weight excluding hydrogens is 236 g/mol. The number of nitrogens with zero attached hydrogens (tertiary/aromatic N) is 1. The minimum atomic E-state index is 0.382. The Kier molecular flexibility index (Phi) is 5.68. The van der Waals surface area contributed by atoms with E-state index in [2.05, 4.69) is 11.8 Å². The lowest BCUT2D eigenvalue weighted by Crippen LogP contribution is -2.41. The minimum absolute atomic E-state index is 0.382. The minimum Gasteiger partial charge on any atom is -0.340 e.